The number of anilines is 1. The van der Waals surface area contributed by atoms with Gasteiger partial charge in [0.2, 0.25) is 0 Å². The number of nitrogens with one attached hydrogen (secondary N) is 2. The monoisotopic (exact) mass is 324 g/mol. The molecular formula is C20H24N2O2. The molecule has 2 aromatic carbocycles. The Balaban J connectivity index is 1.66. The van der Waals surface area contributed by atoms with Crippen LogP contribution in [0.2, 0.25) is 0 Å². The molecule has 0 bridgehead atoms. The molecule has 24 heavy (non-hydrogen) atoms. The summed E-state index contributed by atoms with van der Waals surface area (Å²) in [5, 5.41) is 16.8. The molecule has 0 radical (unpaired) electrons. The second kappa shape index (κ2) is 6.65. The van der Waals surface area contributed by atoms with E-state index in [0.29, 0.717) is 0 Å². The first kappa shape index (κ1) is 16.5. The zero-order valence-electron chi connectivity index (χ0n) is 14.2. The van der Waals surface area contributed by atoms with Crippen molar-refractivity contribution < 1.29 is 9.90 Å². The van der Waals surface area contributed by atoms with Crippen LogP contribution in [-0.2, 0) is 5.60 Å². The number of rotatable bonds is 5. The van der Waals surface area contributed by atoms with Gasteiger partial charge in [0.05, 0.1) is 6.54 Å². The normalized spacial score (nSPS) is 16.3. The summed E-state index contributed by atoms with van der Waals surface area (Å²) in [5.74, 6) is 0.210. The highest BCUT2D eigenvalue weighted by atomic mass is 16.3. The van der Waals surface area contributed by atoms with E-state index in [0.717, 1.165) is 35.2 Å². The second-order valence-corrected chi connectivity index (χ2v) is 6.75. The summed E-state index contributed by atoms with van der Waals surface area (Å²) in [5.41, 5.74) is 2.83. The molecule has 1 aliphatic rings. The third-order valence-electron chi connectivity index (χ3n) is 4.52. The van der Waals surface area contributed by atoms with Gasteiger partial charge in [0.1, 0.15) is 5.60 Å². The van der Waals surface area contributed by atoms with Crippen LogP contribution in [0.3, 0.4) is 0 Å². The molecule has 1 fully saturated rings. The molecule has 3 N–H and O–H groups in total. The van der Waals surface area contributed by atoms with Gasteiger partial charge in [0, 0.05) is 5.69 Å². The number of urea groups is 1. The number of carbonyl (C=O) groups is 1. The van der Waals surface area contributed by atoms with Gasteiger partial charge in [-0.3, -0.25) is 0 Å². The molecule has 3 rings (SSSR count). The van der Waals surface area contributed by atoms with Gasteiger partial charge in [-0.15, -0.1) is 0 Å². The van der Waals surface area contributed by atoms with Crippen LogP contribution >= 0.6 is 0 Å². The van der Waals surface area contributed by atoms with Crippen molar-refractivity contribution in [3.05, 3.63) is 65.2 Å². The van der Waals surface area contributed by atoms with Crippen LogP contribution in [0.15, 0.2) is 48.5 Å². The maximum Gasteiger partial charge on any atom is 0.319 e. The molecule has 1 saturated carbocycles. The third-order valence-corrected chi connectivity index (χ3v) is 4.52. The van der Waals surface area contributed by atoms with E-state index < -0.39 is 5.60 Å². The van der Waals surface area contributed by atoms with E-state index in [-0.39, 0.29) is 18.5 Å². The van der Waals surface area contributed by atoms with E-state index in [9.17, 15) is 9.90 Å². The Kier molecular flexibility index (Phi) is 4.58. The smallest absolute Gasteiger partial charge is 0.319 e. The van der Waals surface area contributed by atoms with Gasteiger partial charge in [-0.25, -0.2) is 4.79 Å². The van der Waals surface area contributed by atoms with Crippen LogP contribution in [-0.4, -0.2) is 17.7 Å². The summed E-state index contributed by atoms with van der Waals surface area (Å²) in [6.07, 6.45) is 1.98. The summed E-state index contributed by atoms with van der Waals surface area (Å²) in [7, 11) is 0. The van der Waals surface area contributed by atoms with Gasteiger partial charge in [0.15, 0.2) is 0 Å². The molecule has 126 valence electrons. The zero-order valence-corrected chi connectivity index (χ0v) is 14.2. The Morgan fingerprint density at radius 1 is 1.12 bits per heavy atom. The van der Waals surface area contributed by atoms with E-state index in [1.165, 1.54) is 0 Å². The largest absolute Gasteiger partial charge is 0.383 e. The third kappa shape index (κ3) is 3.77. The Morgan fingerprint density at radius 3 is 2.33 bits per heavy atom. The van der Waals surface area contributed by atoms with Crippen molar-refractivity contribution >= 4 is 11.7 Å². The van der Waals surface area contributed by atoms with Crippen molar-refractivity contribution in [2.45, 2.75) is 32.3 Å². The molecule has 0 saturated heterocycles. The lowest BCUT2D eigenvalue weighted by molar-refractivity contribution is 0.0164. The molecule has 0 heterocycles. The van der Waals surface area contributed by atoms with E-state index in [4.69, 9.17) is 0 Å². The summed E-state index contributed by atoms with van der Waals surface area (Å²) >= 11 is 0. The Hall–Kier alpha value is -2.33. The van der Waals surface area contributed by atoms with E-state index >= 15 is 0 Å². The highest BCUT2D eigenvalue weighted by Gasteiger charge is 2.45. The first-order valence-electron chi connectivity index (χ1n) is 8.38. The van der Waals surface area contributed by atoms with Gasteiger partial charge >= 0.3 is 6.03 Å². The maximum absolute atomic E-state index is 12.2. The summed E-state index contributed by atoms with van der Waals surface area (Å²) in [6, 6.07) is 15.2. The summed E-state index contributed by atoms with van der Waals surface area (Å²) < 4.78 is 0. The summed E-state index contributed by atoms with van der Waals surface area (Å²) in [6.45, 7) is 4.20. The number of hydrogen-bond donors (Lipinski definition) is 3. The van der Waals surface area contributed by atoms with Crippen LogP contribution in [0.1, 0.15) is 29.5 Å². The van der Waals surface area contributed by atoms with E-state index in [1.807, 2.05) is 56.3 Å². The highest BCUT2D eigenvalue weighted by molar-refractivity contribution is 5.89. The van der Waals surface area contributed by atoms with Crippen molar-refractivity contribution in [1.82, 2.24) is 5.32 Å². The molecule has 4 nitrogen and oxygen atoms in total. The number of benzene rings is 2. The zero-order chi connectivity index (χ0) is 17.2. The molecular weight excluding hydrogens is 300 g/mol. The van der Waals surface area contributed by atoms with Crippen molar-refractivity contribution in [2.24, 2.45) is 5.92 Å². The van der Waals surface area contributed by atoms with Gasteiger partial charge in [-0.2, -0.15) is 0 Å². The standard InChI is InChI=1S/C20H24N2O2/c1-14-10-15(2)12-18(11-14)22-19(23)21-13-20(24,17-8-9-17)16-6-4-3-5-7-16/h3-7,10-12,17,24H,8-9,13H2,1-2H3,(H2,21,22,23). The predicted molar refractivity (Wildman–Crippen MR) is 96.0 cm³/mol. The van der Waals surface area contributed by atoms with Crippen molar-refractivity contribution in [3.63, 3.8) is 0 Å². The first-order valence-corrected chi connectivity index (χ1v) is 8.38. The van der Waals surface area contributed by atoms with Crippen LogP contribution in [0.5, 0.6) is 0 Å². The lowest BCUT2D eigenvalue weighted by atomic mass is 9.89. The minimum absolute atomic E-state index is 0.207. The lowest BCUT2D eigenvalue weighted by Gasteiger charge is -2.29. The fraction of sp³-hybridized carbons (Fsp3) is 0.350. The van der Waals surface area contributed by atoms with Crippen molar-refractivity contribution in [3.8, 4) is 0 Å². The molecule has 0 aliphatic heterocycles. The SMILES string of the molecule is Cc1cc(C)cc(NC(=O)NCC(O)(c2ccccc2)C2CC2)c1. The average molecular weight is 324 g/mol. The quantitative estimate of drug-likeness (QED) is 0.785. The predicted octanol–water partition coefficient (Wildman–Crippen LogP) is 3.72. The number of aryl methyl sites for hydroxylation is 2. The molecule has 4 heteroatoms. The molecule has 0 aromatic heterocycles. The topological polar surface area (TPSA) is 61.4 Å². The Bertz CT molecular complexity index is 705. The second-order valence-electron chi connectivity index (χ2n) is 6.75. The first-order chi connectivity index (χ1) is 11.5. The maximum atomic E-state index is 12.2. The fourth-order valence-corrected chi connectivity index (χ4v) is 3.21. The van der Waals surface area contributed by atoms with Crippen LogP contribution in [0.4, 0.5) is 10.5 Å². The molecule has 2 aromatic rings. The molecule has 1 atom stereocenters. The van der Waals surface area contributed by atoms with E-state index in [2.05, 4.69) is 16.7 Å². The molecule has 1 aliphatic carbocycles. The van der Waals surface area contributed by atoms with Crippen LogP contribution in [0, 0.1) is 19.8 Å². The highest BCUT2D eigenvalue weighted by Crippen LogP contribution is 2.45. The van der Waals surface area contributed by atoms with Gasteiger partial charge in [-0.05, 0) is 61.4 Å². The van der Waals surface area contributed by atoms with Gasteiger partial charge in [-0.1, -0.05) is 36.4 Å². The van der Waals surface area contributed by atoms with Crippen molar-refractivity contribution in [1.29, 1.82) is 0 Å². The average Bonchev–Trinajstić information content (AvgIpc) is 3.38. The van der Waals surface area contributed by atoms with Crippen LogP contribution in [0.25, 0.3) is 0 Å². The fourth-order valence-electron chi connectivity index (χ4n) is 3.21. The van der Waals surface area contributed by atoms with Crippen LogP contribution < -0.4 is 10.6 Å². The molecule has 2 amide bonds. The van der Waals surface area contributed by atoms with E-state index in [1.54, 1.807) is 0 Å². The summed E-state index contributed by atoms with van der Waals surface area (Å²) in [4.78, 5) is 12.2. The number of aliphatic hydroxyl groups is 1. The molecule has 0 spiro atoms. The minimum atomic E-state index is -0.999. The number of hydrogen-bond acceptors (Lipinski definition) is 2. The molecule has 1 unspecified atom stereocenters. The number of carbonyl (C=O) groups excluding carboxylic acids is 1. The van der Waals surface area contributed by atoms with Gasteiger partial charge < -0.3 is 15.7 Å². The van der Waals surface area contributed by atoms with Gasteiger partial charge in [0.25, 0.3) is 0 Å². The number of amides is 2. The Labute approximate surface area is 142 Å². The van der Waals surface area contributed by atoms with Crippen molar-refractivity contribution in [2.75, 3.05) is 11.9 Å². The lowest BCUT2D eigenvalue weighted by Crippen LogP contribution is -2.43. The minimum Gasteiger partial charge on any atom is -0.383 e. The Morgan fingerprint density at radius 2 is 1.75 bits per heavy atom.